The molecule has 1 unspecified atom stereocenters. The van der Waals surface area contributed by atoms with Gasteiger partial charge in [0, 0.05) is 37.0 Å². The van der Waals surface area contributed by atoms with Crippen molar-refractivity contribution in [3.63, 3.8) is 0 Å². The van der Waals surface area contributed by atoms with Crippen LogP contribution in [0.3, 0.4) is 0 Å². The van der Waals surface area contributed by atoms with Gasteiger partial charge < -0.3 is 20.5 Å². The zero-order valence-electron chi connectivity index (χ0n) is 16.3. The van der Waals surface area contributed by atoms with Gasteiger partial charge in [-0.1, -0.05) is 18.2 Å². The van der Waals surface area contributed by atoms with Gasteiger partial charge in [-0.15, -0.1) is 0 Å². The molecule has 1 atom stereocenters. The standard InChI is InChI=1S/C21H25N3O5/c1-29-20-5-3-2-4-16(20)14-8-10-23(11-9-14)19-7-6-15(24(27)28)12-17(19)18(22)13-21(25)26/h2-7,12,14,18H,8-11,13,22H2,1H3,(H,25,26). The van der Waals surface area contributed by atoms with Crippen LogP contribution in [0, 0.1) is 10.1 Å². The lowest BCUT2D eigenvalue weighted by atomic mass is 9.88. The fraction of sp³-hybridized carbons (Fsp3) is 0.381. The lowest BCUT2D eigenvalue weighted by Crippen LogP contribution is -2.34. The number of carboxylic acid groups (broad SMARTS) is 1. The Morgan fingerprint density at radius 2 is 2.00 bits per heavy atom. The summed E-state index contributed by atoms with van der Waals surface area (Å²) in [6.07, 6.45) is 1.50. The van der Waals surface area contributed by atoms with Crippen molar-refractivity contribution >= 4 is 17.3 Å². The zero-order chi connectivity index (χ0) is 21.0. The molecular weight excluding hydrogens is 374 g/mol. The van der Waals surface area contributed by atoms with Crippen LogP contribution in [0.25, 0.3) is 0 Å². The number of piperidine rings is 1. The molecule has 1 heterocycles. The van der Waals surface area contributed by atoms with Gasteiger partial charge in [-0.25, -0.2) is 0 Å². The van der Waals surface area contributed by atoms with Crippen LogP contribution in [0.4, 0.5) is 11.4 Å². The summed E-state index contributed by atoms with van der Waals surface area (Å²) in [6, 6.07) is 11.7. The number of ether oxygens (including phenoxy) is 1. The first-order valence-corrected chi connectivity index (χ1v) is 9.54. The molecule has 0 spiro atoms. The van der Waals surface area contributed by atoms with E-state index >= 15 is 0 Å². The fourth-order valence-corrected chi connectivity index (χ4v) is 3.97. The first kappa shape index (κ1) is 20.6. The number of rotatable bonds is 7. The molecule has 0 bridgehead atoms. The highest BCUT2D eigenvalue weighted by atomic mass is 16.6. The Hall–Kier alpha value is -3.13. The highest BCUT2D eigenvalue weighted by Crippen LogP contribution is 2.38. The normalized spacial score (nSPS) is 15.7. The summed E-state index contributed by atoms with van der Waals surface area (Å²) in [6.45, 7) is 1.49. The number of nitrogens with zero attached hydrogens (tertiary/aromatic N) is 2. The minimum absolute atomic E-state index is 0.0894. The molecule has 0 radical (unpaired) electrons. The van der Waals surface area contributed by atoms with E-state index in [2.05, 4.69) is 11.0 Å². The second-order valence-electron chi connectivity index (χ2n) is 7.21. The Morgan fingerprint density at radius 1 is 1.31 bits per heavy atom. The monoisotopic (exact) mass is 399 g/mol. The maximum absolute atomic E-state index is 11.2. The first-order valence-electron chi connectivity index (χ1n) is 9.54. The average Bonchev–Trinajstić information content (AvgIpc) is 2.73. The van der Waals surface area contributed by atoms with Gasteiger partial charge in [-0.2, -0.15) is 0 Å². The van der Waals surface area contributed by atoms with E-state index < -0.39 is 16.9 Å². The third-order valence-corrected chi connectivity index (χ3v) is 5.43. The summed E-state index contributed by atoms with van der Waals surface area (Å²) in [7, 11) is 1.67. The largest absolute Gasteiger partial charge is 0.496 e. The van der Waals surface area contributed by atoms with Gasteiger partial charge in [0.15, 0.2) is 0 Å². The number of non-ortho nitro benzene ring substituents is 1. The second-order valence-corrected chi connectivity index (χ2v) is 7.21. The quantitative estimate of drug-likeness (QED) is 0.540. The van der Waals surface area contributed by atoms with Gasteiger partial charge in [0.05, 0.1) is 18.5 Å². The number of methoxy groups -OCH3 is 1. The van der Waals surface area contributed by atoms with E-state index in [0.717, 1.165) is 37.4 Å². The van der Waals surface area contributed by atoms with Crippen LogP contribution in [0.1, 0.15) is 42.3 Å². The van der Waals surface area contributed by atoms with E-state index in [9.17, 15) is 14.9 Å². The molecule has 2 aromatic rings. The van der Waals surface area contributed by atoms with Gasteiger partial charge in [0.1, 0.15) is 5.75 Å². The lowest BCUT2D eigenvalue weighted by molar-refractivity contribution is -0.384. The number of carboxylic acids is 1. The summed E-state index contributed by atoms with van der Waals surface area (Å²) in [4.78, 5) is 23.9. The molecule has 3 N–H and O–H groups in total. The van der Waals surface area contributed by atoms with Crippen LogP contribution < -0.4 is 15.4 Å². The van der Waals surface area contributed by atoms with E-state index in [-0.39, 0.29) is 12.1 Å². The van der Waals surface area contributed by atoms with E-state index in [1.54, 1.807) is 13.2 Å². The zero-order valence-corrected chi connectivity index (χ0v) is 16.3. The van der Waals surface area contributed by atoms with Crippen molar-refractivity contribution in [2.24, 2.45) is 5.73 Å². The molecule has 2 aromatic carbocycles. The van der Waals surface area contributed by atoms with Crippen molar-refractivity contribution in [3.05, 3.63) is 63.7 Å². The van der Waals surface area contributed by atoms with Gasteiger partial charge in [-0.05, 0) is 42.0 Å². The molecular formula is C21H25N3O5. The van der Waals surface area contributed by atoms with Crippen molar-refractivity contribution in [1.82, 2.24) is 0 Å². The Morgan fingerprint density at radius 3 is 2.62 bits per heavy atom. The molecule has 0 amide bonds. The molecule has 8 heteroatoms. The van der Waals surface area contributed by atoms with Crippen LogP contribution in [0.2, 0.25) is 0 Å². The van der Waals surface area contributed by atoms with Gasteiger partial charge in [0.2, 0.25) is 0 Å². The number of anilines is 1. The molecule has 1 aliphatic heterocycles. The Kier molecular flexibility index (Phi) is 6.33. The fourth-order valence-electron chi connectivity index (χ4n) is 3.97. The molecule has 0 saturated carbocycles. The molecule has 29 heavy (non-hydrogen) atoms. The summed E-state index contributed by atoms with van der Waals surface area (Å²) in [5.41, 5.74) is 8.44. The predicted molar refractivity (Wildman–Crippen MR) is 109 cm³/mol. The van der Waals surface area contributed by atoms with E-state index in [1.165, 1.54) is 17.7 Å². The number of nitro benzene ring substituents is 1. The van der Waals surface area contributed by atoms with Crippen LogP contribution in [-0.2, 0) is 4.79 Å². The highest BCUT2D eigenvalue weighted by Gasteiger charge is 2.27. The van der Waals surface area contributed by atoms with Crippen molar-refractivity contribution in [1.29, 1.82) is 0 Å². The third kappa shape index (κ3) is 4.65. The van der Waals surface area contributed by atoms with Crippen LogP contribution in [-0.4, -0.2) is 36.2 Å². The Bertz CT molecular complexity index is 894. The molecule has 0 aromatic heterocycles. The second kappa shape index (κ2) is 8.91. The molecule has 1 fully saturated rings. The third-order valence-electron chi connectivity index (χ3n) is 5.43. The van der Waals surface area contributed by atoms with Gasteiger partial charge in [0.25, 0.3) is 5.69 Å². The van der Waals surface area contributed by atoms with Gasteiger partial charge >= 0.3 is 5.97 Å². The van der Waals surface area contributed by atoms with Crippen molar-refractivity contribution in [2.45, 2.75) is 31.2 Å². The molecule has 154 valence electrons. The summed E-state index contributed by atoms with van der Waals surface area (Å²) >= 11 is 0. The topological polar surface area (TPSA) is 119 Å². The van der Waals surface area contributed by atoms with E-state index in [4.69, 9.17) is 15.6 Å². The SMILES string of the molecule is COc1ccccc1C1CCN(c2ccc([N+](=O)[O-])cc2C(N)CC(=O)O)CC1. The number of hydrogen-bond acceptors (Lipinski definition) is 6. The molecule has 1 saturated heterocycles. The Labute approximate surface area is 169 Å². The van der Waals surface area contributed by atoms with E-state index in [1.807, 2.05) is 18.2 Å². The lowest BCUT2D eigenvalue weighted by Gasteiger charge is -2.36. The number of para-hydroxylation sites is 1. The molecule has 3 rings (SSSR count). The molecule has 8 nitrogen and oxygen atoms in total. The minimum atomic E-state index is -1.04. The van der Waals surface area contributed by atoms with Crippen LogP contribution in [0.15, 0.2) is 42.5 Å². The number of nitro groups is 1. The summed E-state index contributed by atoms with van der Waals surface area (Å²) < 4.78 is 5.48. The van der Waals surface area contributed by atoms with Crippen molar-refractivity contribution in [3.8, 4) is 5.75 Å². The number of hydrogen-bond donors (Lipinski definition) is 2. The van der Waals surface area contributed by atoms with Crippen molar-refractivity contribution < 1.29 is 19.6 Å². The number of carbonyl (C=O) groups is 1. The molecule has 1 aliphatic rings. The van der Waals surface area contributed by atoms with Crippen LogP contribution in [0.5, 0.6) is 5.75 Å². The van der Waals surface area contributed by atoms with Gasteiger partial charge in [-0.3, -0.25) is 14.9 Å². The maximum Gasteiger partial charge on any atom is 0.305 e. The first-order chi connectivity index (χ1) is 13.9. The maximum atomic E-state index is 11.2. The van der Waals surface area contributed by atoms with Crippen LogP contribution >= 0.6 is 0 Å². The Balaban J connectivity index is 1.82. The highest BCUT2D eigenvalue weighted by molar-refractivity contribution is 5.69. The number of benzene rings is 2. The summed E-state index contributed by atoms with van der Waals surface area (Å²) in [5.74, 6) is 0.201. The van der Waals surface area contributed by atoms with Crippen molar-refractivity contribution in [2.75, 3.05) is 25.1 Å². The molecule has 0 aliphatic carbocycles. The van der Waals surface area contributed by atoms with E-state index in [0.29, 0.717) is 11.5 Å². The predicted octanol–water partition coefficient (Wildman–Crippen LogP) is 3.46. The summed E-state index contributed by atoms with van der Waals surface area (Å²) in [5, 5.41) is 20.3. The average molecular weight is 399 g/mol. The number of nitrogens with two attached hydrogens (primary N) is 1. The minimum Gasteiger partial charge on any atom is -0.496 e. The smallest absolute Gasteiger partial charge is 0.305 e. The number of aliphatic carboxylic acids is 1.